The van der Waals surface area contributed by atoms with Gasteiger partial charge < -0.3 is 4.98 Å². The molecule has 3 aromatic rings. The summed E-state index contributed by atoms with van der Waals surface area (Å²) in [5.41, 5.74) is 1.11. The van der Waals surface area contributed by atoms with Crippen LogP contribution >= 0.6 is 23.1 Å². The number of hydrogen-bond donors (Lipinski definition) is 1. The van der Waals surface area contributed by atoms with Crippen LogP contribution in [0.3, 0.4) is 0 Å². The molecule has 4 rings (SSSR count). The van der Waals surface area contributed by atoms with Gasteiger partial charge in [-0.2, -0.15) is 0 Å². The molecular formula is C18H15N3O4S2. The number of aryl methyl sites for hydroxylation is 2. The van der Waals surface area contributed by atoms with Crippen LogP contribution in [0, 0.1) is 10.1 Å². The van der Waals surface area contributed by atoms with Gasteiger partial charge in [-0.05, 0) is 31.2 Å². The standard InChI is InChI=1S/C18H15N3O4S2/c22-13(10-4-3-5-11(8-10)21(24)25)9-26-18-19-16(23)15-12-6-1-2-7-14(12)27-17(15)20-18/h3-5,8H,1-2,6-7,9H2,(H,19,20,23). The third-order valence-corrected chi connectivity index (χ3v) is 6.58. The number of Topliss-reactive ketones (excluding diaryl/α,β-unsaturated/α-hetero) is 1. The number of nitro benzene ring substituents is 1. The minimum Gasteiger partial charge on any atom is -0.301 e. The van der Waals surface area contributed by atoms with Crippen LogP contribution in [0.5, 0.6) is 0 Å². The maximum absolute atomic E-state index is 12.5. The predicted molar refractivity (Wildman–Crippen MR) is 105 cm³/mol. The Hall–Kier alpha value is -2.52. The van der Waals surface area contributed by atoms with Crippen molar-refractivity contribution in [1.29, 1.82) is 0 Å². The number of hydrogen-bond acceptors (Lipinski definition) is 7. The van der Waals surface area contributed by atoms with Crippen molar-refractivity contribution in [3.8, 4) is 0 Å². The van der Waals surface area contributed by atoms with Gasteiger partial charge in [-0.3, -0.25) is 19.7 Å². The third-order valence-electron chi connectivity index (χ3n) is 4.52. The van der Waals surface area contributed by atoms with Crippen molar-refractivity contribution >= 4 is 44.8 Å². The summed E-state index contributed by atoms with van der Waals surface area (Å²) in [4.78, 5) is 44.4. The second-order valence-electron chi connectivity index (χ2n) is 6.28. The lowest BCUT2D eigenvalue weighted by atomic mass is 9.97. The van der Waals surface area contributed by atoms with Crippen LogP contribution in [0.25, 0.3) is 10.2 Å². The minimum atomic E-state index is -0.532. The molecule has 0 fully saturated rings. The zero-order valence-corrected chi connectivity index (χ0v) is 15.8. The number of rotatable bonds is 5. The first-order valence-electron chi connectivity index (χ1n) is 8.48. The fourth-order valence-electron chi connectivity index (χ4n) is 3.22. The van der Waals surface area contributed by atoms with Crippen LogP contribution in [0.4, 0.5) is 5.69 Å². The lowest BCUT2D eigenvalue weighted by molar-refractivity contribution is -0.384. The molecule has 0 aliphatic heterocycles. The maximum Gasteiger partial charge on any atom is 0.270 e. The number of nitro groups is 1. The number of carbonyl (C=O) groups excluding carboxylic acids is 1. The van der Waals surface area contributed by atoms with Gasteiger partial charge >= 0.3 is 0 Å². The number of nitrogens with zero attached hydrogens (tertiary/aromatic N) is 2. The Morgan fingerprint density at radius 1 is 1.33 bits per heavy atom. The van der Waals surface area contributed by atoms with Gasteiger partial charge in [0.25, 0.3) is 11.2 Å². The number of non-ortho nitro benzene ring substituents is 1. The molecule has 1 N–H and O–H groups in total. The number of carbonyl (C=O) groups is 1. The third kappa shape index (κ3) is 3.52. The summed E-state index contributed by atoms with van der Waals surface area (Å²) in [6.45, 7) is 0. The van der Waals surface area contributed by atoms with E-state index in [-0.39, 0.29) is 28.3 Å². The van der Waals surface area contributed by atoms with Gasteiger partial charge in [-0.15, -0.1) is 11.3 Å². The van der Waals surface area contributed by atoms with Gasteiger partial charge in [0.05, 0.1) is 16.1 Å². The summed E-state index contributed by atoms with van der Waals surface area (Å²) < 4.78 is 0. The Morgan fingerprint density at radius 2 is 2.15 bits per heavy atom. The van der Waals surface area contributed by atoms with E-state index in [0.717, 1.165) is 47.8 Å². The SMILES string of the molecule is O=C(CSc1nc2sc3c(c2c(=O)[nH]1)CCCC3)c1cccc([N+](=O)[O-])c1. The molecular weight excluding hydrogens is 386 g/mol. The van der Waals surface area contributed by atoms with Crippen molar-refractivity contribution in [2.75, 3.05) is 5.75 Å². The molecule has 9 heteroatoms. The molecule has 2 aromatic heterocycles. The molecule has 0 amide bonds. The number of H-pyrrole nitrogens is 1. The van der Waals surface area contributed by atoms with Crippen LogP contribution in [0.2, 0.25) is 0 Å². The van der Waals surface area contributed by atoms with Gasteiger partial charge in [0.1, 0.15) is 4.83 Å². The maximum atomic E-state index is 12.5. The summed E-state index contributed by atoms with van der Waals surface area (Å²) >= 11 is 2.69. The highest BCUT2D eigenvalue weighted by molar-refractivity contribution is 7.99. The highest BCUT2D eigenvalue weighted by atomic mass is 32.2. The molecule has 1 aromatic carbocycles. The number of aromatic nitrogens is 2. The number of nitrogens with one attached hydrogen (secondary N) is 1. The van der Waals surface area contributed by atoms with Crippen LogP contribution < -0.4 is 5.56 Å². The number of benzene rings is 1. The number of thioether (sulfide) groups is 1. The van der Waals surface area contributed by atoms with Crippen LogP contribution in [0.15, 0.2) is 34.2 Å². The van der Waals surface area contributed by atoms with Crippen LogP contribution in [-0.4, -0.2) is 26.4 Å². The van der Waals surface area contributed by atoms with E-state index in [1.165, 1.54) is 23.1 Å². The number of thiophene rings is 1. The minimum absolute atomic E-state index is 0.0424. The van der Waals surface area contributed by atoms with Gasteiger partial charge in [-0.1, -0.05) is 23.9 Å². The Labute approximate surface area is 162 Å². The summed E-state index contributed by atoms with van der Waals surface area (Å²) in [6, 6.07) is 5.63. The lowest BCUT2D eigenvalue weighted by Crippen LogP contribution is -2.12. The largest absolute Gasteiger partial charge is 0.301 e. The second-order valence-corrected chi connectivity index (χ2v) is 8.33. The summed E-state index contributed by atoms with van der Waals surface area (Å²) in [6.07, 6.45) is 4.13. The van der Waals surface area contributed by atoms with Crippen molar-refractivity contribution < 1.29 is 9.72 Å². The molecule has 0 radical (unpaired) electrons. The van der Waals surface area contributed by atoms with E-state index in [2.05, 4.69) is 9.97 Å². The molecule has 0 spiro atoms. The average Bonchev–Trinajstić information content (AvgIpc) is 3.05. The van der Waals surface area contributed by atoms with E-state index < -0.39 is 4.92 Å². The number of aromatic amines is 1. The molecule has 0 unspecified atom stereocenters. The monoisotopic (exact) mass is 401 g/mol. The van der Waals surface area contributed by atoms with Gasteiger partial charge in [0, 0.05) is 22.6 Å². The smallest absolute Gasteiger partial charge is 0.270 e. The van der Waals surface area contributed by atoms with E-state index in [1.807, 2.05) is 0 Å². The molecule has 1 aliphatic carbocycles. The molecule has 27 heavy (non-hydrogen) atoms. The molecule has 1 aliphatic rings. The van der Waals surface area contributed by atoms with Gasteiger partial charge in [0.15, 0.2) is 10.9 Å². The molecule has 0 saturated heterocycles. The van der Waals surface area contributed by atoms with Crippen LogP contribution in [-0.2, 0) is 12.8 Å². The topological polar surface area (TPSA) is 106 Å². The molecule has 0 atom stereocenters. The first-order chi connectivity index (χ1) is 13.0. The first kappa shape index (κ1) is 17.9. The zero-order chi connectivity index (χ0) is 19.0. The fraction of sp³-hybridized carbons (Fsp3) is 0.278. The molecule has 0 bridgehead atoms. The van der Waals surface area contributed by atoms with E-state index >= 15 is 0 Å². The molecule has 7 nitrogen and oxygen atoms in total. The van der Waals surface area contributed by atoms with E-state index in [9.17, 15) is 19.7 Å². The van der Waals surface area contributed by atoms with Crippen LogP contribution in [0.1, 0.15) is 33.6 Å². The fourth-order valence-corrected chi connectivity index (χ4v) is 5.30. The molecule has 2 heterocycles. The van der Waals surface area contributed by atoms with Crippen molar-refractivity contribution in [3.05, 3.63) is 60.7 Å². The Balaban J connectivity index is 1.55. The number of fused-ring (bicyclic) bond motifs is 3. The van der Waals surface area contributed by atoms with E-state index in [0.29, 0.717) is 10.5 Å². The lowest BCUT2D eigenvalue weighted by Gasteiger charge is -2.09. The second kappa shape index (κ2) is 7.24. The molecule has 0 saturated carbocycles. The highest BCUT2D eigenvalue weighted by Gasteiger charge is 2.20. The average molecular weight is 401 g/mol. The summed E-state index contributed by atoms with van der Waals surface area (Å²) in [7, 11) is 0. The zero-order valence-electron chi connectivity index (χ0n) is 14.2. The van der Waals surface area contributed by atoms with Crippen molar-refractivity contribution in [1.82, 2.24) is 9.97 Å². The van der Waals surface area contributed by atoms with E-state index in [4.69, 9.17) is 0 Å². The molecule has 138 valence electrons. The van der Waals surface area contributed by atoms with Crippen molar-refractivity contribution in [2.45, 2.75) is 30.8 Å². The van der Waals surface area contributed by atoms with E-state index in [1.54, 1.807) is 17.4 Å². The predicted octanol–water partition coefficient (Wildman–Crippen LogP) is 3.75. The highest BCUT2D eigenvalue weighted by Crippen LogP contribution is 2.34. The Kier molecular flexibility index (Phi) is 4.79. The first-order valence-corrected chi connectivity index (χ1v) is 10.3. The quantitative estimate of drug-likeness (QED) is 0.229. The van der Waals surface area contributed by atoms with Crippen molar-refractivity contribution in [2.24, 2.45) is 0 Å². The van der Waals surface area contributed by atoms with Crippen molar-refractivity contribution in [3.63, 3.8) is 0 Å². The summed E-state index contributed by atoms with van der Waals surface area (Å²) in [5, 5.41) is 11.9. The van der Waals surface area contributed by atoms with Gasteiger partial charge in [0.2, 0.25) is 0 Å². The summed E-state index contributed by atoms with van der Waals surface area (Å²) in [5.74, 6) is -0.210. The Bertz CT molecular complexity index is 1120. The normalized spacial score (nSPS) is 13.5. The number of ketones is 1. The van der Waals surface area contributed by atoms with Gasteiger partial charge in [-0.25, -0.2) is 4.98 Å². The Morgan fingerprint density at radius 3 is 2.96 bits per heavy atom.